The van der Waals surface area contributed by atoms with E-state index in [0.717, 1.165) is 30.6 Å². The van der Waals surface area contributed by atoms with Crippen LogP contribution in [0.1, 0.15) is 44.3 Å². The van der Waals surface area contributed by atoms with Crippen LogP contribution in [0.25, 0.3) is 0 Å². The lowest BCUT2D eigenvalue weighted by atomic mass is 10.0. The van der Waals surface area contributed by atoms with Crippen molar-refractivity contribution in [1.82, 2.24) is 0 Å². The summed E-state index contributed by atoms with van der Waals surface area (Å²) in [4.78, 5) is 0. The number of rotatable bonds is 7. The summed E-state index contributed by atoms with van der Waals surface area (Å²) in [5.74, 6) is 0.869. The zero-order valence-electron chi connectivity index (χ0n) is 11.1. The van der Waals surface area contributed by atoms with Gasteiger partial charge in [-0.25, -0.2) is 0 Å². The molecule has 0 saturated heterocycles. The third-order valence-electron chi connectivity index (χ3n) is 3.32. The first-order valence-electron chi connectivity index (χ1n) is 6.66. The Balaban J connectivity index is 1.89. The molecule has 3 heteroatoms. The molecule has 1 fully saturated rings. The average molecular weight is 250 g/mol. The van der Waals surface area contributed by atoms with Gasteiger partial charge in [0.05, 0.1) is 18.3 Å². The van der Waals surface area contributed by atoms with E-state index in [1.165, 1.54) is 0 Å². The van der Waals surface area contributed by atoms with Crippen molar-refractivity contribution < 1.29 is 14.6 Å². The second-order valence-corrected chi connectivity index (χ2v) is 5.03. The van der Waals surface area contributed by atoms with Crippen molar-refractivity contribution in [2.75, 3.05) is 7.11 Å². The molecule has 0 aromatic heterocycles. The molecule has 1 saturated carbocycles. The third kappa shape index (κ3) is 4.00. The fourth-order valence-corrected chi connectivity index (χ4v) is 1.85. The highest BCUT2D eigenvalue weighted by atomic mass is 16.5. The molecule has 1 aliphatic rings. The van der Waals surface area contributed by atoms with Crippen LogP contribution in [0.5, 0.6) is 5.75 Å². The maximum Gasteiger partial charge on any atom is 0.120 e. The van der Waals surface area contributed by atoms with Gasteiger partial charge >= 0.3 is 0 Å². The molecule has 0 amide bonds. The highest BCUT2D eigenvalue weighted by Crippen LogP contribution is 2.29. The molecule has 100 valence electrons. The fraction of sp³-hybridized carbons (Fsp3) is 0.600. The van der Waals surface area contributed by atoms with Crippen LogP contribution in [0.3, 0.4) is 0 Å². The number of benzene rings is 1. The van der Waals surface area contributed by atoms with Gasteiger partial charge in [-0.1, -0.05) is 12.1 Å². The van der Waals surface area contributed by atoms with Crippen LogP contribution in [0.4, 0.5) is 0 Å². The fourth-order valence-electron chi connectivity index (χ4n) is 1.85. The minimum Gasteiger partial charge on any atom is -0.490 e. The van der Waals surface area contributed by atoms with Gasteiger partial charge in [0.2, 0.25) is 0 Å². The topological polar surface area (TPSA) is 38.7 Å². The van der Waals surface area contributed by atoms with Gasteiger partial charge < -0.3 is 14.6 Å². The predicted octanol–water partition coefficient (Wildman–Crippen LogP) is 3.08. The lowest BCUT2D eigenvalue weighted by Crippen LogP contribution is -2.08. The maximum atomic E-state index is 10.1. The quantitative estimate of drug-likeness (QED) is 0.808. The van der Waals surface area contributed by atoms with Crippen molar-refractivity contribution in [3.05, 3.63) is 29.8 Å². The molecular weight excluding hydrogens is 228 g/mol. The van der Waals surface area contributed by atoms with E-state index in [9.17, 15) is 5.11 Å². The van der Waals surface area contributed by atoms with Crippen LogP contribution in [-0.2, 0) is 4.74 Å². The number of hydrogen-bond donors (Lipinski definition) is 1. The van der Waals surface area contributed by atoms with Gasteiger partial charge in [-0.3, -0.25) is 0 Å². The first-order chi connectivity index (χ1) is 8.69. The van der Waals surface area contributed by atoms with E-state index in [2.05, 4.69) is 0 Å². The van der Waals surface area contributed by atoms with Crippen LogP contribution in [0.2, 0.25) is 0 Å². The number of ether oxygens (including phenoxy) is 2. The number of methoxy groups -OCH3 is 1. The Labute approximate surface area is 109 Å². The maximum absolute atomic E-state index is 10.1. The minimum absolute atomic E-state index is 0.186. The number of aliphatic hydroxyl groups is 1. The monoisotopic (exact) mass is 250 g/mol. The van der Waals surface area contributed by atoms with Gasteiger partial charge in [0.15, 0.2) is 0 Å². The molecule has 0 heterocycles. The van der Waals surface area contributed by atoms with Gasteiger partial charge in [0.25, 0.3) is 0 Å². The molecule has 0 aliphatic heterocycles. The van der Waals surface area contributed by atoms with Crippen molar-refractivity contribution in [2.24, 2.45) is 0 Å². The van der Waals surface area contributed by atoms with Gasteiger partial charge in [0.1, 0.15) is 5.75 Å². The highest BCUT2D eigenvalue weighted by molar-refractivity contribution is 5.30. The molecule has 2 atom stereocenters. The molecule has 1 N–H and O–H groups in total. The van der Waals surface area contributed by atoms with Gasteiger partial charge in [-0.05, 0) is 50.3 Å². The van der Waals surface area contributed by atoms with E-state index in [1.807, 2.05) is 31.2 Å². The Morgan fingerprint density at radius 1 is 1.33 bits per heavy atom. The number of hydrogen-bond acceptors (Lipinski definition) is 3. The Kier molecular flexibility index (Phi) is 4.61. The summed E-state index contributed by atoms with van der Waals surface area (Å²) in [7, 11) is 1.70. The highest BCUT2D eigenvalue weighted by Gasteiger charge is 2.23. The average Bonchev–Trinajstić information content (AvgIpc) is 3.19. The second-order valence-electron chi connectivity index (χ2n) is 5.03. The second kappa shape index (κ2) is 6.21. The summed E-state index contributed by atoms with van der Waals surface area (Å²) in [6, 6.07) is 7.78. The van der Waals surface area contributed by atoms with E-state index in [0.29, 0.717) is 12.5 Å². The van der Waals surface area contributed by atoms with Crippen LogP contribution in [0.15, 0.2) is 24.3 Å². The lowest BCUT2D eigenvalue weighted by molar-refractivity contribution is 0.0850. The van der Waals surface area contributed by atoms with Crippen LogP contribution < -0.4 is 4.74 Å². The largest absolute Gasteiger partial charge is 0.490 e. The molecule has 1 aromatic carbocycles. The standard InChI is InChI=1S/C15H22O3/c1-11(17-2)6-9-15(16)12-4-3-5-14(10-12)18-13-7-8-13/h3-5,10-11,13,15-16H,6-9H2,1-2H3. The van der Waals surface area contributed by atoms with Gasteiger partial charge in [-0.2, -0.15) is 0 Å². The molecule has 0 spiro atoms. The molecule has 3 nitrogen and oxygen atoms in total. The van der Waals surface area contributed by atoms with Crippen molar-refractivity contribution in [1.29, 1.82) is 0 Å². The first kappa shape index (κ1) is 13.4. The molecule has 18 heavy (non-hydrogen) atoms. The van der Waals surface area contributed by atoms with E-state index in [1.54, 1.807) is 7.11 Å². The summed E-state index contributed by atoms with van der Waals surface area (Å²) in [5, 5.41) is 10.1. The van der Waals surface area contributed by atoms with E-state index >= 15 is 0 Å². The number of aliphatic hydroxyl groups excluding tert-OH is 1. The molecule has 2 unspecified atom stereocenters. The van der Waals surface area contributed by atoms with Crippen molar-refractivity contribution in [3.63, 3.8) is 0 Å². The Morgan fingerprint density at radius 2 is 2.11 bits per heavy atom. The zero-order chi connectivity index (χ0) is 13.0. The third-order valence-corrected chi connectivity index (χ3v) is 3.32. The normalized spacial score (nSPS) is 18.4. The van der Waals surface area contributed by atoms with Crippen LogP contribution in [0, 0.1) is 0 Å². The molecule has 2 rings (SSSR count). The predicted molar refractivity (Wildman–Crippen MR) is 70.8 cm³/mol. The van der Waals surface area contributed by atoms with Crippen molar-refractivity contribution >= 4 is 0 Å². The van der Waals surface area contributed by atoms with Gasteiger partial charge in [0, 0.05) is 7.11 Å². The summed E-state index contributed by atoms with van der Waals surface area (Å²) in [6.07, 6.45) is 4.01. The van der Waals surface area contributed by atoms with Crippen molar-refractivity contribution in [2.45, 2.75) is 50.9 Å². The SMILES string of the molecule is COC(C)CCC(O)c1cccc(OC2CC2)c1. The Bertz CT molecular complexity index is 374. The zero-order valence-corrected chi connectivity index (χ0v) is 11.1. The van der Waals surface area contributed by atoms with Crippen LogP contribution >= 0.6 is 0 Å². The summed E-state index contributed by atoms with van der Waals surface area (Å²) in [5.41, 5.74) is 0.927. The summed E-state index contributed by atoms with van der Waals surface area (Å²) < 4.78 is 10.9. The van der Waals surface area contributed by atoms with Gasteiger partial charge in [-0.15, -0.1) is 0 Å². The van der Waals surface area contributed by atoms with E-state index in [-0.39, 0.29) is 6.10 Å². The molecule has 0 bridgehead atoms. The van der Waals surface area contributed by atoms with Crippen molar-refractivity contribution in [3.8, 4) is 5.75 Å². The van der Waals surface area contributed by atoms with E-state index in [4.69, 9.17) is 9.47 Å². The Hall–Kier alpha value is -1.06. The first-order valence-corrected chi connectivity index (χ1v) is 6.66. The Morgan fingerprint density at radius 3 is 2.78 bits per heavy atom. The molecule has 1 aliphatic carbocycles. The minimum atomic E-state index is -0.439. The van der Waals surface area contributed by atoms with E-state index < -0.39 is 6.10 Å². The molecule has 1 aromatic rings. The smallest absolute Gasteiger partial charge is 0.120 e. The van der Waals surface area contributed by atoms with Crippen LogP contribution in [-0.4, -0.2) is 24.4 Å². The lowest BCUT2D eigenvalue weighted by Gasteiger charge is -2.15. The summed E-state index contributed by atoms with van der Waals surface area (Å²) in [6.45, 7) is 2.01. The molecule has 0 radical (unpaired) electrons. The summed E-state index contributed by atoms with van der Waals surface area (Å²) >= 11 is 0. The molecular formula is C15H22O3.